The number of nitrogens with one attached hydrogen (secondary N) is 3. The third kappa shape index (κ3) is 5.68. The Morgan fingerprint density at radius 1 is 1.06 bits per heavy atom. The lowest BCUT2D eigenvalue weighted by atomic mass is 9.87. The Morgan fingerprint density at radius 3 is 2.35 bits per heavy atom. The molecule has 8 nitrogen and oxygen atoms in total. The second-order valence-corrected chi connectivity index (χ2v) is 10.1. The molecule has 0 aliphatic carbocycles. The summed E-state index contributed by atoms with van der Waals surface area (Å²) in [6, 6.07) is 10.8. The fourth-order valence-electron chi connectivity index (χ4n) is 3.00. The number of benzene rings is 2. The van der Waals surface area contributed by atoms with Crippen LogP contribution in [0, 0.1) is 0 Å². The number of ether oxygens (including phenoxy) is 1. The number of sulfonamides is 1. The number of methoxy groups -OCH3 is 1. The van der Waals surface area contributed by atoms with Gasteiger partial charge in [-0.25, -0.2) is 13.4 Å². The average molecular weight is 497 g/mol. The molecular formula is C22H23F3N4O4S. The van der Waals surface area contributed by atoms with Gasteiger partial charge in [0.05, 0.1) is 13.3 Å². The van der Waals surface area contributed by atoms with Crippen molar-refractivity contribution >= 4 is 27.3 Å². The lowest BCUT2D eigenvalue weighted by Gasteiger charge is -2.20. The maximum absolute atomic E-state index is 13.1. The van der Waals surface area contributed by atoms with Crippen LogP contribution in [0.3, 0.4) is 0 Å². The van der Waals surface area contributed by atoms with Crippen molar-refractivity contribution in [2.45, 2.75) is 37.3 Å². The van der Waals surface area contributed by atoms with E-state index in [1.807, 2.05) is 31.8 Å². The molecule has 0 aliphatic heterocycles. The van der Waals surface area contributed by atoms with Gasteiger partial charge in [-0.15, -0.1) is 0 Å². The van der Waals surface area contributed by atoms with Gasteiger partial charge in [-0.1, -0.05) is 32.9 Å². The summed E-state index contributed by atoms with van der Waals surface area (Å²) in [5.41, 5.74) is 0.629. The summed E-state index contributed by atoms with van der Waals surface area (Å²) in [7, 11) is -2.86. The number of aromatic nitrogens is 2. The number of anilines is 2. The lowest BCUT2D eigenvalue weighted by Crippen LogP contribution is -2.17. The monoisotopic (exact) mass is 496 g/mol. The predicted molar refractivity (Wildman–Crippen MR) is 120 cm³/mol. The number of halogens is 3. The van der Waals surface area contributed by atoms with Crippen LogP contribution in [0.5, 0.6) is 5.75 Å². The molecule has 3 rings (SSSR count). The van der Waals surface area contributed by atoms with Crippen LogP contribution in [-0.2, 0) is 21.6 Å². The van der Waals surface area contributed by atoms with E-state index in [9.17, 15) is 26.4 Å². The largest absolute Gasteiger partial charge is 0.495 e. The van der Waals surface area contributed by atoms with Crippen molar-refractivity contribution in [2.75, 3.05) is 17.1 Å². The molecule has 3 aromatic rings. The zero-order valence-electron chi connectivity index (χ0n) is 18.7. The number of imidazole rings is 1. The van der Waals surface area contributed by atoms with Gasteiger partial charge in [-0.05, 0) is 41.3 Å². The van der Waals surface area contributed by atoms with E-state index in [-0.39, 0.29) is 21.7 Å². The first kappa shape index (κ1) is 25.1. The fourth-order valence-corrected chi connectivity index (χ4v) is 4.25. The molecule has 3 N–H and O–H groups in total. The standard InChI is InChI=1S/C22H23F3N4O4S/c1-21(2,3)13-6-5-7-15(10-13)29-34(31,32)18-11-14(8-9-17(18)33-4)27-19(30)16-12-26-20(28-16)22(23,24)25/h5-12,29H,1-4H3,(H,26,28)(H,27,30). The summed E-state index contributed by atoms with van der Waals surface area (Å²) in [5, 5.41) is 2.35. The molecule has 0 saturated heterocycles. The van der Waals surface area contributed by atoms with Gasteiger partial charge in [-0.3, -0.25) is 9.52 Å². The van der Waals surface area contributed by atoms with Gasteiger partial charge in [0, 0.05) is 11.4 Å². The smallest absolute Gasteiger partial charge is 0.449 e. The maximum atomic E-state index is 13.1. The predicted octanol–water partition coefficient (Wildman–Crippen LogP) is 4.79. The number of H-pyrrole nitrogens is 1. The van der Waals surface area contributed by atoms with Crippen LogP contribution >= 0.6 is 0 Å². The number of alkyl halides is 3. The van der Waals surface area contributed by atoms with Crippen LogP contribution in [0.4, 0.5) is 24.5 Å². The summed E-state index contributed by atoms with van der Waals surface area (Å²) >= 11 is 0. The second kappa shape index (κ2) is 9.01. The minimum atomic E-state index is -4.74. The van der Waals surface area contributed by atoms with E-state index in [2.05, 4.69) is 15.0 Å². The summed E-state index contributed by atoms with van der Waals surface area (Å²) in [6.45, 7) is 5.98. The third-order valence-electron chi connectivity index (χ3n) is 4.78. The van der Waals surface area contributed by atoms with Crippen LogP contribution in [0.2, 0.25) is 0 Å². The Kier molecular flexibility index (Phi) is 6.65. The number of hydrogen-bond acceptors (Lipinski definition) is 5. The van der Waals surface area contributed by atoms with Gasteiger partial charge in [0.1, 0.15) is 16.3 Å². The summed E-state index contributed by atoms with van der Waals surface area (Å²) < 4.78 is 72.0. The first-order valence-corrected chi connectivity index (χ1v) is 11.4. The van der Waals surface area contributed by atoms with E-state index in [1.165, 1.54) is 19.2 Å². The van der Waals surface area contributed by atoms with Crippen molar-refractivity contribution in [3.8, 4) is 5.75 Å². The van der Waals surface area contributed by atoms with Crippen molar-refractivity contribution in [3.05, 3.63) is 65.7 Å². The SMILES string of the molecule is COc1ccc(NC(=O)c2cnc(C(F)(F)F)[nH]2)cc1S(=O)(=O)Nc1cccc(C(C)(C)C)c1. The van der Waals surface area contributed by atoms with Crippen molar-refractivity contribution < 1.29 is 31.1 Å². The molecule has 1 heterocycles. The Labute approximate surface area is 194 Å². The number of aromatic amines is 1. The normalized spacial score (nSPS) is 12.3. The fraction of sp³-hybridized carbons (Fsp3) is 0.273. The van der Waals surface area contributed by atoms with E-state index in [4.69, 9.17) is 4.74 Å². The molecule has 0 spiro atoms. The van der Waals surface area contributed by atoms with Crippen molar-refractivity contribution in [2.24, 2.45) is 0 Å². The number of nitrogens with zero attached hydrogens (tertiary/aromatic N) is 1. The zero-order valence-corrected chi connectivity index (χ0v) is 19.6. The molecule has 0 unspecified atom stereocenters. The Hall–Kier alpha value is -3.54. The highest BCUT2D eigenvalue weighted by Crippen LogP contribution is 2.31. The lowest BCUT2D eigenvalue weighted by molar-refractivity contribution is -0.144. The van der Waals surface area contributed by atoms with E-state index in [0.717, 1.165) is 17.8 Å². The molecule has 2 aromatic carbocycles. The first-order chi connectivity index (χ1) is 15.7. The van der Waals surface area contributed by atoms with Gasteiger partial charge >= 0.3 is 6.18 Å². The van der Waals surface area contributed by atoms with Crippen LogP contribution in [0.15, 0.2) is 53.6 Å². The number of carbonyl (C=O) groups is 1. The zero-order chi connectivity index (χ0) is 25.3. The molecule has 1 aromatic heterocycles. The van der Waals surface area contributed by atoms with Gasteiger partial charge in [0.25, 0.3) is 15.9 Å². The minimum Gasteiger partial charge on any atom is -0.495 e. The van der Waals surface area contributed by atoms with Crippen LogP contribution in [0.25, 0.3) is 0 Å². The number of rotatable bonds is 6. The Morgan fingerprint density at radius 2 is 1.76 bits per heavy atom. The molecule has 0 bridgehead atoms. The number of carbonyl (C=O) groups excluding carboxylic acids is 1. The molecule has 0 atom stereocenters. The van der Waals surface area contributed by atoms with Crippen molar-refractivity contribution in [3.63, 3.8) is 0 Å². The molecule has 0 fully saturated rings. The third-order valence-corrected chi connectivity index (χ3v) is 6.18. The second-order valence-electron chi connectivity index (χ2n) is 8.40. The quantitative estimate of drug-likeness (QED) is 0.454. The molecule has 12 heteroatoms. The number of hydrogen-bond donors (Lipinski definition) is 3. The van der Waals surface area contributed by atoms with Gasteiger partial charge in [-0.2, -0.15) is 13.2 Å². The molecule has 0 saturated carbocycles. The molecule has 0 aliphatic rings. The van der Waals surface area contributed by atoms with Gasteiger partial charge in [0.2, 0.25) is 5.82 Å². The highest BCUT2D eigenvalue weighted by Gasteiger charge is 2.35. The number of amides is 1. The molecule has 34 heavy (non-hydrogen) atoms. The Bertz CT molecular complexity index is 1310. The molecular weight excluding hydrogens is 473 g/mol. The van der Waals surface area contributed by atoms with Crippen LogP contribution in [0.1, 0.15) is 42.6 Å². The average Bonchev–Trinajstić information content (AvgIpc) is 3.24. The van der Waals surface area contributed by atoms with Gasteiger partial charge < -0.3 is 15.0 Å². The van der Waals surface area contributed by atoms with E-state index < -0.39 is 33.6 Å². The van der Waals surface area contributed by atoms with E-state index in [1.54, 1.807) is 18.2 Å². The Balaban J connectivity index is 1.89. The summed E-state index contributed by atoms with van der Waals surface area (Å²) in [6.07, 6.45) is -4.00. The van der Waals surface area contributed by atoms with Crippen LogP contribution < -0.4 is 14.8 Å². The molecule has 0 radical (unpaired) electrons. The molecule has 182 valence electrons. The highest BCUT2D eigenvalue weighted by atomic mass is 32.2. The van der Waals surface area contributed by atoms with Crippen molar-refractivity contribution in [1.29, 1.82) is 0 Å². The summed E-state index contributed by atoms with van der Waals surface area (Å²) in [5.74, 6) is -2.24. The first-order valence-electron chi connectivity index (χ1n) is 9.95. The van der Waals surface area contributed by atoms with Crippen LogP contribution in [-0.4, -0.2) is 31.4 Å². The summed E-state index contributed by atoms with van der Waals surface area (Å²) in [4.78, 5) is 17.1. The maximum Gasteiger partial charge on any atom is 0.449 e. The topological polar surface area (TPSA) is 113 Å². The van der Waals surface area contributed by atoms with E-state index in [0.29, 0.717) is 5.69 Å². The van der Waals surface area contributed by atoms with E-state index >= 15 is 0 Å². The highest BCUT2D eigenvalue weighted by molar-refractivity contribution is 7.92. The minimum absolute atomic E-state index is 0.0124. The van der Waals surface area contributed by atoms with Gasteiger partial charge in [0.15, 0.2) is 0 Å². The van der Waals surface area contributed by atoms with Crippen molar-refractivity contribution in [1.82, 2.24) is 9.97 Å². The molecule has 1 amide bonds.